The van der Waals surface area contributed by atoms with Crippen LogP contribution in [0.4, 0.5) is 18.9 Å². The Labute approximate surface area is 78.0 Å². The van der Waals surface area contributed by atoms with Gasteiger partial charge in [-0.2, -0.15) is 18.3 Å². The number of nitrogens with one attached hydrogen (secondary N) is 1. The molecule has 6 heteroatoms. The van der Waals surface area contributed by atoms with Gasteiger partial charge in [0.1, 0.15) is 5.75 Å². The largest absolute Gasteiger partial charge is 0.497 e. The van der Waals surface area contributed by atoms with Crippen LogP contribution in [-0.2, 0) is 6.18 Å². The number of halogens is 3. The summed E-state index contributed by atoms with van der Waals surface area (Å²) in [4.78, 5) is 0. The van der Waals surface area contributed by atoms with Crippen LogP contribution >= 0.6 is 0 Å². The lowest BCUT2D eigenvalue weighted by Gasteiger charge is -2.08. The molecule has 3 nitrogen and oxygen atoms in total. The number of alkyl halides is 3. The molecule has 14 heavy (non-hydrogen) atoms. The molecular formula is C8H7F3N2O. The molecule has 0 spiro atoms. The van der Waals surface area contributed by atoms with Crippen LogP contribution in [0.25, 0.3) is 0 Å². The lowest BCUT2D eigenvalue weighted by molar-refractivity contribution is -0.137. The Hall–Kier alpha value is -1.59. The van der Waals surface area contributed by atoms with Crippen molar-refractivity contribution >= 4 is 5.69 Å². The van der Waals surface area contributed by atoms with Gasteiger partial charge in [-0.1, -0.05) is 0 Å². The minimum absolute atomic E-state index is 0.0332. The molecule has 1 rings (SSSR count). The van der Waals surface area contributed by atoms with E-state index in [1.54, 1.807) is 0 Å². The lowest BCUT2D eigenvalue weighted by Crippen LogP contribution is -2.04. The van der Waals surface area contributed by atoms with Crippen molar-refractivity contribution in [2.75, 3.05) is 7.11 Å². The maximum Gasteiger partial charge on any atom is 0.416 e. The molecule has 0 radical (unpaired) electrons. The standard InChI is InChI=1S/C8H7F3N2O/c1-14-7-3-5(8(9,10)11)2-6(4-7)13-12/h2-4,12H,1H3. The van der Waals surface area contributed by atoms with Gasteiger partial charge in [0, 0.05) is 6.07 Å². The molecule has 76 valence electrons. The fraction of sp³-hybridized carbons (Fsp3) is 0.250. The van der Waals surface area contributed by atoms with Gasteiger partial charge in [-0.15, -0.1) is 0 Å². The smallest absolute Gasteiger partial charge is 0.416 e. The van der Waals surface area contributed by atoms with Gasteiger partial charge in [0.15, 0.2) is 0 Å². The molecule has 0 bridgehead atoms. The summed E-state index contributed by atoms with van der Waals surface area (Å²) in [5.74, 6) is 0.0332. The van der Waals surface area contributed by atoms with Crippen LogP contribution in [0.15, 0.2) is 23.3 Å². The van der Waals surface area contributed by atoms with Crippen molar-refractivity contribution in [3.63, 3.8) is 0 Å². The number of nitrogens with zero attached hydrogens (tertiary/aromatic N) is 1. The zero-order valence-electron chi connectivity index (χ0n) is 7.22. The molecule has 1 aromatic rings. The Bertz CT molecular complexity index is 349. The Morgan fingerprint density at radius 2 is 1.93 bits per heavy atom. The molecule has 0 aromatic heterocycles. The minimum Gasteiger partial charge on any atom is -0.497 e. The topological polar surface area (TPSA) is 45.4 Å². The average molecular weight is 204 g/mol. The van der Waals surface area contributed by atoms with Gasteiger partial charge >= 0.3 is 6.18 Å². The molecule has 0 saturated heterocycles. The third kappa shape index (κ3) is 2.21. The fourth-order valence-electron chi connectivity index (χ4n) is 0.929. The summed E-state index contributed by atoms with van der Waals surface area (Å²) < 4.78 is 41.4. The van der Waals surface area contributed by atoms with E-state index in [9.17, 15) is 13.2 Å². The third-order valence-electron chi connectivity index (χ3n) is 1.58. The highest BCUT2D eigenvalue weighted by atomic mass is 19.4. The molecule has 0 heterocycles. The molecule has 0 unspecified atom stereocenters. The summed E-state index contributed by atoms with van der Waals surface area (Å²) in [6.07, 6.45) is -4.45. The first-order valence-corrected chi connectivity index (χ1v) is 3.61. The third-order valence-corrected chi connectivity index (χ3v) is 1.58. The summed E-state index contributed by atoms with van der Waals surface area (Å²) in [7, 11) is 1.25. The van der Waals surface area contributed by atoms with Crippen LogP contribution < -0.4 is 4.74 Å². The summed E-state index contributed by atoms with van der Waals surface area (Å²) in [6.45, 7) is 0. The molecule has 0 aliphatic heterocycles. The molecule has 0 aliphatic carbocycles. The normalized spacial score (nSPS) is 11.1. The van der Waals surface area contributed by atoms with Crippen LogP contribution in [0, 0.1) is 5.53 Å². The Morgan fingerprint density at radius 1 is 1.29 bits per heavy atom. The van der Waals surface area contributed by atoms with Crippen molar-refractivity contribution < 1.29 is 17.9 Å². The highest BCUT2D eigenvalue weighted by Gasteiger charge is 2.31. The average Bonchev–Trinajstić information content (AvgIpc) is 2.15. The van der Waals surface area contributed by atoms with E-state index in [0.29, 0.717) is 0 Å². The van der Waals surface area contributed by atoms with E-state index < -0.39 is 11.7 Å². The number of hydrogen-bond donors (Lipinski definition) is 1. The molecule has 0 aliphatic rings. The highest BCUT2D eigenvalue weighted by molar-refractivity contribution is 5.47. The van der Waals surface area contributed by atoms with Crippen LogP contribution in [0.3, 0.4) is 0 Å². The van der Waals surface area contributed by atoms with Gasteiger partial charge in [0.05, 0.1) is 18.4 Å². The summed E-state index contributed by atoms with van der Waals surface area (Å²) in [5.41, 5.74) is 5.66. The number of ether oxygens (including phenoxy) is 1. The first-order chi connectivity index (χ1) is 6.47. The predicted octanol–water partition coefficient (Wildman–Crippen LogP) is 3.38. The number of methoxy groups -OCH3 is 1. The molecule has 1 N–H and O–H groups in total. The van der Waals surface area contributed by atoms with E-state index in [2.05, 4.69) is 9.85 Å². The Balaban J connectivity index is 3.24. The number of rotatable bonds is 2. The van der Waals surface area contributed by atoms with E-state index in [4.69, 9.17) is 5.53 Å². The quantitative estimate of drug-likeness (QED) is 0.737. The first kappa shape index (κ1) is 10.5. The summed E-state index contributed by atoms with van der Waals surface area (Å²) in [6, 6.07) is 2.90. The number of hydrogen-bond acceptors (Lipinski definition) is 3. The van der Waals surface area contributed by atoms with Crippen LogP contribution in [0.2, 0.25) is 0 Å². The fourth-order valence-corrected chi connectivity index (χ4v) is 0.929. The molecule has 0 fully saturated rings. The van der Waals surface area contributed by atoms with E-state index >= 15 is 0 Å². The zero-order chi connectivity index (χ0) is 10.8. The van der Waals surface area contributed by atoms with Crippen molar-refractivity contribution in [1.82, 2.24) is 0 Å². The minimum atomic E-state index is -4.45. The Kier molecular flexibility index (Phi) is 2.73. The monoisotopic (exact) mass is 204 g/mol. The summed E-state index contributed by atoms with van der Waals surface area (Å²) in [5, 5.41) is 2.92. The van der Waals surface area contributed by atoms with Crippen LogP contribution in [0.5, 0.6) is 5.75 Å². The van der Waals surface area contributed by atoms with Crippen molar-refractivity contribution in [3.05, 3.63) is 23.8 Å². The Morgan fingerprint density at radius 3 is 2.36 bits per heavy atom. The lowest BCUT2D eigenvalue weighted by atomic mass is 10.2. The van der Waals surface area contributed by atoms with E-state index in [1.807, 2.05) is 0 Å². The maximum atomic E-state index is 12.3. The van der Waals surface area contributed by atoms with Crippen molar-refractivity contribution in [1.29, 1.82) is 5.53 Å². The first-order valence-electron chi connectivity index (χ1n) is 3.61. The van der Waals surface area contributed by atoms with Gasteiger partial charge in [-0.25, -0.2) is 5.53 Å². The second-order valence-corrected chi connectivity index (χ2v) is 2.53. The van der Waals surface area contributed by atoms with E-state index in [0.717, 1.165) is 12.1 Å². The molecular weight excluding hydrogens is 197 g/mol. The van der Waals surface area contributed by atoms with Gasteiger partial charge in [0.2, 0.25) is 0 Å². The molecule has 0 saturated carbocycles. The second kappa shape index (κ2) is 3.65. The maximum absolute atomic E-state index is 12.3. The van der Waals surface area contributed by atoms with E-state index in [-0.39, 0.29) is 11.4 Å². The highest BCUT2D eigenvalue weighted by Crippen LogP contribution is 2.34. The molecule has 1 aromatic carbocycles. The predicted molar refractivity (Wildman–Crippen MR) is 42.8 cm³/mol. The SMILES string of the molecule is COc1cc(N=N)cc(C(F)(F)F)c1. The van der Waals surface area contributed by atoms with Crippen molar-refractivity contribution in [2.45, 2.75) is 6.18 Å². The van der Waals surface area contributed by atoms with Gasteiger partial charge in [0.25, 0.3) is 0 Å². The molecule has 0 atom stereocenters. The van der Waals surface area contributed by atoms with Crippen LogP contribution in [-0.4, -0.2) is 7.11 Å². The second-order valence-electron chi connectivity index (χ2n) is 2.53. The van der Waals surface area contributed by atoms with Crippen molar-refractivity contribution in [3.8, 4) is 5.75 Å². The van der Waals surface area contributed by atoms with Crippen molar-refractivity contribution in [2.24, 2.45) is 5.11 Å². The van der Waals surface area contributed by atoms with E-state index in [1.165, 1.54) is 13.2 Å². The van der Waals surface area contributed by atoms with Gasteiger partial charge in [-0.05, 0) is 12.1 Å². The summed E-state index contributed by atoms with van der Waals surface area (Å²) >= 11 is 0. The molecule has 0 amide bonds. The zero-order valence-corrected chi connectivity index (χ0v) is 7.22. The van der Waals surface area contributed by atoms with Crippen LogP contribution in [0.1, 0.15) is 5.56 Å². The van der Waals surface area contributed by atoms with Gasteiger partial charge in [-0.3, -0.25) is 0 Å². The number of benzene rings is 1. The van der Waals surface area contributed by atoms with Gasteiger partial charge < -0.3 is 4.74 Å².